The first-order chi connectivity index (χ1) is 8.16. The first kappa shape index (κ1) is 12.1. The molecule has 1 N–H and O–H groups in total. The zero-order valence-corrected chi connectivity index (χ0v) is 9.94. The summed E-state index contributed by atoms with van der Waals surface area (Å²) in [4.78, 5) is 10.2. The van der Waals surface area contributed by atoms with Crippen LogP contribution in [0.4, 0.5) is 5.69 Å². The molecule has 0 bridgehead atoms. The molecule has 1 aromatic rings. The Labute approximate surface area is 104 Å². The van der Waals surface area contributed by atoms with Gasteiger partial charge in [0, 0.05) is 12.1 Å². The molecule has 1 aliphatic heterocycles. The summed E-state index contributed by atoms with van der Waals surface area (Å²) in [6, 6.07) is 4.52. The van der Waals surface area contributed by atoms with Crippen molar-refractivity contribution in [2.24, 2.45) is 0 Å². The van der Waals surface area contributed by atoms with Crippen LogP contribution >= 0.6 is 11.6 Å². The van der Waals surface area contributed by atoms with Crippen molar-refractivity contribution in [3.8, 4) is 5.75 Å². The minimum atomic E-state index is -0.461. The number of ether oxygens (including phenoxy) is 1. The molecule has 1 saturated heterocycles. The Morgan fingerprint density at radius 2 is 2.41 bits per heavy atom. The SMILES string of the molecule is O=[N+]([O-])c1ccc(Cl)c(OCC2CCCN2)c1. The zero-order valence-electron chi connectivity index (χ0n) is 9.19. The Morgan fingerprint density at radius 3 is 3.06 bits per heavy atom. The molecule has 1 unspecified atom stereocenters. The summed E-state index contributed by atoms with van der Waals surface area (Å²) in [5.41, 5.74) is -0.0104. The zero-order chi connectivity index (χ0) is 12.3. The summed E-state index contributed by atoms with van der Waals surface area (Å²) < 4.78 is 5.51. The topological polar surface area (TPSA) is 64.4 Å². The van der Waals surface area contributed by atoms with Crippen LogP contribution in [0.25, 0.3) is 0 Å². The van der Waals surface area contributed by atoms with E-state index in [0.29, 0.717) is 23.4 Å². The summed E-state index contributed by atoms with van der Waals surface area (Å²) in [5, 5.41) is 14.3. The standard InChI is InChI=1S/C11H13ClN2O3/c12-10-4-3-9(14(15)16)6-11(10)17-7-8-2-1-5-13-8/h3-4,6,8,13H,1-2,5,7H2. The lowest BCUT2D eigenvalue weighted by Gasteiger charge is -2.12. The normalized spacial score (nSPS) is 19.2. The fraction of sp³-hybridized carbons (Fsp3) is 0.455. The highest BCUT2D eigenvalue weighted by atomic mass is 35.5. The van der Waals surface area contributed by atoms with E-state index < -0.39 is 4.92 Å². The lowest BCUT2D eigenvalue weighted by molar-refractivity contribution is -0.384. The number of hydrogen-bond donors (Lipinski definition) is 1. The molecule has 0 amide bonds. The average Bonchev–Trinajstić information content (AvgIpc) is 2.80. The Bertz CT molecular complexity index is 419. The van der Waals surface area contributed by atoms with Crippen molar-refractivity contribution in [3.63, 3.8) is 0 Å². The number of benzene rings is 1. The smallest absolute Gasteiger partial charge is 0.273 e. The van der Waals surface area contributed by atoms with Gasteiger partial charge in [-0.1, -0.05) is 11.6 Å². The van der Waals surface area contributed by atoms with Crippen molar-refractivity contribution in [2.45, 2.75) is 18.9 Å². The van der Waals surface area contributed by atoms with Gasteiger partial charge in [0.2, 0.25) is 0 Å². The van der Waals surface area contributed by atoms with Gasteiger partial charge in [-0.25, -0.2) is 0 Å². The van der Waals surface area contributed by atoms with Gasteiger partial charge in [-0.05, 0) is 25.5 Å². The van der Waals surface area contributed by atoms with Gasteiger partial charge in [0.1, 0.15) is 12.4 Å². The molecule has 0 spiro atoms. The highest BCUT2D eigenvalue weighted by Crippen LogP contribution is 2.29. The lowest BCUT2D eigenvalue weighted by atomic mass is 10.2. The number of non-ortho nitro benzene ring substituents is 1. The van der Waals surface area contributed by atoms with Crippen LogP contribution in [-0.4, -0.2) is 24.1 Å². The number of nitro benzene ring substituents is 1. The van der Waals surface area contributed by atoms with E-state index in [1.165, 1.54) is 18.2 Å². The largest absolute Gasteiger partial charge is 0.490 e. The van der Waals surface area contributed by atoms with E-state index >= 15 is 0 Å². The van der Waals surface area contributed by atoms with Crippen LogP contribution in [0.1, 0.15) is 12.8 Å². The van der Waals surface area contributed by atoms with Crippen LogP contribution in [0.2, 0.25) is 5.02 Å². The molecule has 1 atom stereocenters. The van der Waals surface area contributed by atoms with Crippen LogP contribution in [0.5, 0.6) is 5.75 Å². The maximum Gasteiger partial charge on any atom is 0.273 e. The number of halogens is 1. The average molecular weight is 257 g/mol. The molecule has 17 heavy (non-hydrogen) atoms. The third-order valence-corrected chi connectivity index (χ3v) is 3.04. The maximum atomic E-state index is 10.6. The first-order valence-corrected chi connectivity index (χ1v) is 5.85. The number of nitrogens with zero attached hydrogens (tertiary/aromatic N) is 1. The Hall–Kier alpha value is -1.33. The molecule has 0 radical (unpaired) electrons. The first-order valence-electron chi connectivity index (χ1n) is 5.47. The summed E-state index contributed by atoms with van der Waals surface area (Å²) in [7, 11) is 0. The third-order valence-electron chi connectivity index (χ3n) is 2.73. The Kier molecular flexibility index (Phi) is 3.81. The van der Waals surface area contributed by atoms with Gasteiger partial charge in [-0.3, -0.25) is 10.1 Å². The highest BCUT2D eigenvalue weighted by Gasteiger charge is 2.16. The molecule has 6 heteroatoms. The van der Waals surface area contributed by atoms with Gasteiger partial charge in [-0.2, -0.15) is 0 Å². The Balaban J connectivity index is 2.03. The van der Waals surface area contributed by atoms with Gasteiger partial charge in [0.15, 0.2) is 0 Å². The minimum Gasteiger partial charge on any atom is -0.490 e. The fourth-order valence-corrected chi connectivity index (χ4v) is 1.98. The molecule has 92 valence electrons. The van der Waals surface area contributed by atoms with Crippen molar-refractivity contribution in [1.82, 2.24) is 5.32 Å². The van der Waals surface area contributed by atoms with Crippen LogP contribution in [0.15, 0.2) is 18.2 Å². The van der Waals surface area contributed by atoms with E-state index in [1.807, 2.05) is 0 Å². The predicted molar refractivity (Wildman–Crippen MR) is 64.6 cm³/mol. The summed E-state index contributed by atoms with van der Waals surface area (Å²) >= 11 is 5.92. The van der Waals surface area contributed by atoms with E-state index in [0.717, 1.165) is 19.4 Å². The summed E-state index contributed by atoms with van der Waals surface area (Å²) in [5.74, 6) is 0.370. The number of nitrogens with one attached hydrogen (secondary N) is 1. The van der Waals surface area contributed by atoms with Gasteiger partial charge in [0.25, 0.3) is 5.69 Å². The van der Waals surface area contributed by atoms with Crippen LogP contribution in [0, 0.1) is 10.1 Å². The van der Waals surface area contributed by atoms with E-state index in [1.54, 1.807) is 0 Å². The van der Waals surface area contributed by atoms with Gasteiger partial charge in [0.05, 0.1) is 16.0 Å². The maximum absolute atomic E-state index is 10.6. The quantitative estimate of drug-likeness (QED) is 0.664. The highest BCUT2D eigenvalue weighted by molar-refractivity contribution is 6.32. The Morgan fingerprint density at radius 1 is 1.59 bits per heavy atom. The molecule has 1 fully saturated rings. The molecular weight excluding hydrogens is 244 g/mol. The second kappa shape index (κ2) is 5.33. The molecule has 0 aromatic heterocycles. The predicted octanol–water partition coefficient (Wildman–Crippen LogP) is 2.38. The van der Waals surface area contributed by atoms with Crippen molar-refractivity contribution < 1.29 is 9.66 Å². The second-order valence-electron chi connectivity index (χ2n) is 3.98. The molecule has 0 aliphatic carbocycles. The van der Waals surface area contributed by atoms with Gasteiger partial charge in [-0.15, -0.1) is 0 Å². The summed E-state index contributed by atoms with van der Waals surface area (Å²) in [6.07, 6.45) is 2.20. The van der Waals surface area contributed by atoms with E-state index in [2.05, 4.69) is 5.32 Å². The molecule has 2 rings (SSSR count). The van der Waals surface area contributed by atoms with Crippen LogP contribution < -0.4 is 10.1 Å². The van der Waals surface area contributed by atoms with Crippen molar-refractivity contribution in [2.75, 3.05) is 13.2 Å². The van der Waals surface area contributed by atoms with Gasteiger partial charge < -0.3 is 10.1 Å². The van der Waals surface area contributed by atoms with Crippen molar-refractivity contribution >= 4 is 17.3 Å². The van der Waals surface area contributed by atoms with Crippen LogP contribution in [0.3, 0.4) is 0 Å². The molecule has 0 saturated carbocycles. The molecule has 1 aromatic carbocycles. The summed E-state index contributed by atoms with van der Waals surface area (Å²) in [6.45, 7) is 1.48. The molecular formula is C11H13ClN2O3. The number of nitro groups is 1. The molecule has 5 nitrogen and oxygen atoms in total. The molecule has 1 heterocycles. The minimum absolute atomic E-state index is 0.0104. The second-order valence-corrected chi connectivity index (χ2v) is 4.38. The fourth-order valence-electron chi connectivity index (χ4n) is 1.81. The van der Waals surface area contributed by atoms with E-state index in [4.69, 9.17) is 16.3 Å². The van der Waals surface area contributed by atoms with Gasteiger partial charge >= 0.3 is 0 Å². The number of rotatable bonds is 4. The lowest BCUT2D eigenvalue weighted by Crippen LogP contribution is -2.28. The van der Waals surface area contributed by atoms with Crippen molar-refractivity contribution in [3.05, 3.63) is 33.3 Å². The number of hydrogen-bond acceptors (Lipinski definition) is 4. The van der Waals surface area contributed by atoms with Crippen molar-refractivity contribution in [1.29, 1.82) is 0 Å². The van der Waals surface area contributed by atoms with Crippen LogP contribution in [-0.2, 0) is 0 Å². The molecule has 1 aliphatic rings. The monoisotopic (exact) mass is 256 g/mol. The van der Waals surface area contributed by atoms with E-state index in [-0.39, 0.29) is 5.69 Å². The van der Waals surface area contributed by atoms with E-state index in [9.17, 15) is 10.1 Å². The third kappa shape index (κ3) is 3.08.